The zero-order valence-electron chi connectivity index (χ0n) is 18.9. The number of benzene rings is 1. The van der Waals surface area contributed by atoms with Crippen molar-refractivity contribution in [2.45, 2.75) is 39.0 Å². The van der Waals surface area contributed by atoms with E-state index in [9.17, 15) is 0 Å². The molecule has 2 heterocycles. The van der Waals surface area contributed by atoms with E-state index in [1.165, 1.54) is 11.1 Å². The fourth-order valence-corrected chi connectivity index (χ4v) is 3.54. The van der Waals surface area contributed by atoms with Gasteiger partial charge in [-0.05, 0) is 43.5 Å². The zero-order valence-corrected chi connectivity index (χ0v) is 18.9. The fourth-order valence-electron chi connectivity index (χ4n) is 3.54. The van der Waals surface area contributed by atoms with Crippen LogP contribution in [-0.2, 0) is 16.0 Å². The van der Waals surface area contributed by atoms with Crippen molar-refractivity contribution in [3.05, 3.63) is 59.8 Å². The van der Waals surface area contributed by atoms with E-state index in [0.29, 0.717) is 13.2 Å². The second-order valence-corrected chi connectivity index (χ2v) is 7.78. The van der Waals surface area contributed by atoms with Gasteiger partial charge in [0.1, 0.15) is 5.82 Å². The summed E-state index contributed by atoms with van der Waals surface area (Å²) in [5, 5.41) is 6.73. The first-order valence-electron chi connectivity index (χ1n) is 11.1. The SMILES string of the molecule is CN=C(NCCCOC(C)c1ccccc1)NCc1ccnc(N2CCOC(C)C2)c1. The number of pyridine rings is 1. The Balaban J connectivity index is 1.37. The van der Waals surface area contributed by atoms with Crippen LogP contribution in [0.2, 0.25) is 0 Å². The predicted molar refractivity (Wildman–Crippen MR) is 125 cm³/mol. The smallest absolute Gasteiger partial charge is 0.191 e. The lowest BCUT2D eigenvalue weighted by atomic mass is 10.1. The third kappa shape index (κ3) is 7.52. The maximum atomic E-state index is 5.93. The van der Waals surface area contributed by atoms with Gasteiger partial charge >= 0.3 is 0 Å². The second kappa shape index (κ2) is 12.3. The number of guanidine groups is 1. The molecular formula is C24H35N5O2. The van der Waals surface area contributed by atoms with Crippen molar-refractivity contribution in [3.8, 4) is 0 Å². The van der Waals surface area contributed by atoms with Gasteiger partial charge in [0.05, 0.1) is 18.8 Å². The van der Waals surface area contributed by atoms with E-state index in [1.807, 2.05) is 30.5 Å². The average Bonchev–Trinajstić information content (AvgIpc) is 2.81. The summed E-state index contributed by atoms with van der Waals surface area (Å²) in [6, 6.07) is 14.5. The van der Waals surface area contributed by atoms with Gasteiger partial charge in [0.15, 0.2) is 5.96 Å². The number of anilines is 1. The highest BCUT2D eigenvalue weighted by Crippen LogP contribution is 2.17. The molecule has 0 bridgehead atoms. The molecule has 1 saturated heterocycles. The fraction of sp³-hybridized carbons (Fsp3) is 0.500. The maximum Gasteiger partial charge on any atom is 0.191 e. The molecule has 0 spiro atoms. The minimum atomic E-state index is 0.106. The number of ether oxygens (including phenoxy) is 2. The van der Waals surface area contributed by atoms with Crippen molar-refractivity contribution in [1.29, 1.82) is 0 Å². The molecule has 168 valence electrons. The molecule has 1 aliphatic heterocycles. The first-order valence-corrected chi connectivity index (χ1v) is 11.1. The van der Waals surface area contributed by atoms with E-state index in [0.717, 1.165) is 44.4 Å². The van der Waals surface area contributed by atoms with Crippen molar-refractivity contribution < 1.29 is 9.47 Å². The lowest BCUT2D eigenvalue weighted by molar-refractivity contribution is 0.0529. The van der Waals surface area contributed by atoms with Gasteiger partial charge in [-0.15, -0.1) is 0 Å². The van der Waals surface area contributed by atoms with Crippen molar-refractivity contribution in [1.82, 2.24) is 15.6 Å². The summed E-state index contributed by atoms with van der Waals surface area (Å²) in [7, 11) is 1.79. The molecule has 3 rings (SSSR count). The Morgan fingerprint density at radius 1 is 1.29 bits per heavy atom. The van der Waals surface area contributed by atoms with Gasteiger partial charge in [-0.1, -0.05) is 30.3 Å². The van der Waals surface area contributed by atoms with Gasteiger partial charge in [0.25, 0.3) is 0 Å². The Hall–Kier alpha value is -2.64. The van der Waals surface area contributed by atoms with Crippen LogP contribution < -0.4 is 15.5 Å². The van der Waals surface area contributed by atoms with Crippen molar-refractivity contribution >= 4 is 11.8 Å². The lowest BCUT2D eigenvalue weighted by Crippen LogP contribution is -2.41. The first kappa shape index (κ1) is 23.0. The van der Waals surface area contributed by atoms with Crippen LogP contribution in [0, 0.1) is 0 Å². The largest absolute Gasteiger partial charge is 0.375 e. The van der Waals surface area contributed by atoms with Crippen LogP contribution in [0.1, 0.15) is 37.5 Å². The van der Waals surface area contributed by atoms with Gasteiger partial charge in [-0.25, -0.2) is 4.98 Å². The number of aromatic nitrogens is 1. The number of hydrogen-bond donors (Lipinski definition) is 2. The highest BCUT2D eigenvalue weighted by atomic mass is 16.5. The third-order valence-corrected chi connectivity index (χ3v) is 5.31. The first-order chi connectivity index (χ1) is 15.2. The normalized spacial score (nSPS) is 18.0. The molecule has 0 amide bonds. The van der Waals surface area contributed by atoms with Gasteiger partial charge in [-0.3, -0.25) is 4.99 Å². The number of nitrogens with zero attached hydrogens (tertiary/aromatic N) is 3. The standard InChI is InChI=1S/C24H35N5O2/c1-19-18-29(13-15-30-19)23-16-21(10-12-26-23)17-28-24(25-3)27-11-7-14-31-20(2)22-8-5-4-6-9-22/h4-6,8-10,12,16,19-20H,7,11,13-15,17-18H2,1-3H3,(H2,25,27,28). The molecule has 2 aromatic rings. The lowest BCUT2D eigenvalue weighted by Gasteiger charge is -2.32. The van der Waals surface area contributed by atoms with Gasteiger partial charge in [-0.2, -0.15) is 0 Å². The molecule has 2 N–H and O–H groups in total. The molecule has 1 aliphatic rings. The molecule has 2 unspecified atom stereocenters. The van der Waals surface area contributed by atoms with E-state index >= 15 is 0 Å². The van der Waals surface area contributed by atoms with Crippen molar-refractivity contribution in [2.75, 3.05) is 44.8 Å². The molecule has 0 radical (unpaired) electrons. The number of nitrogens with one attached hydrogen (secondary N) is 2. The predicted octanol–water partition coefficient (Wildman–Crippen LogP) is 3.14. The minimum Gasteiger partial charge on any atom is -0.375 e. The zero-order chi connectivity index (χ0) is 21.9. The molecule has 7 heteroatoms. The van der Waals surface area contributed by atoms with E-state index in [4.69, 9.17) is 9.47 Å². The molecule has 0 aliphatic carbocycles. The van der Waals surface area contributed by atoms with Crippen LogP contribution in [0.15, 0.2) is 53.7 Å². The Morgan fingerprint density at radius 3 is 2.90 bits per heavy atom. The molecular weight excluding hydrogens is 390 g/mol. The summed E-state index contributed by atoms with van der Waals surface area (Å²) < 4.78 is 11.6. The molecule has 31 heavy (non-hydrogen) atoms. The Morgan fingerprint density at radius 2 is 2.13 bits per heavy atom. The van der Waals surface area contributed by atoms with E-state index < -0.39 is 0 Å². The summed E-state index contributed by atoms with van der Waals surface area (Å²) in [4.78, 5) is 11.1. The summed E-state index contributed by atoms with van der Waals surface area (Å²) in [5.41, 5.74) is 2.38. The third-order valence-electron chi connectivity index (χ3n) is 5.31. The van der Waals surface area contributed by atoms with Crippen LogP contribution in [0.3, 0.4) is 0 Å². The maximum absolute atomic E-state index is 5.93. The van der Waals surface area contributed by atoms with Gasteiger partial charge in [0.2, 0.25) is 0 Å². The van der Waals surface area contributed by atoms with Crippen molar-refractivity contribution in [2.24, 2.45) is 4.99 Å². The molecule has 1 fully saturated rings. The quantitative estimate of drug-likeness (QED) is 0.365. The number of aliphatic imine (C=N–C) groups is 1. The Labute approximate surface area is 185 Å². The monoisotopic (exact) mass is 425 g/mol. The van der Waals surface area contributed by atoms with E-state index in [-0.39, 0.29) is 12.2 Å². The highest BCUT2D eigenvalue weighted by Gasteiger charge is 2.18. The molecule has 1 aromatic heterocycles. The summed E-state index contributed by atoms with van der Waals surface area (Å²) >= 11 is 0. The van der Waals surface area contributed by atoms with Crippen LogP contribution in [0.4, 0.5) is 5.82 Å². The van der Waals surface area contributed by atoms with Crippen LogP contribution >= 0.6 is 0 Å². The summed E-state index contributed by atoms with van der Waals surface area (Å²) in [6.07, 6.45) is 3.12. The van der Waals surface area contributed by atoms with Crippen LogP contribution in [-0.4, -0.2) is 56.9 Å². The van der Waals surface area contributed by atoms with Crippen LogP contribution in [0.5, 0.6) is 0 Å². The topological polar surface area (TPSA) is 71.0 Å². The number of morpholine rings is 1. The molecule has 0 saturated carbocycles. The molecule has 2 atom stereocenters. The van der Waals surface area contributed by atoms with Gasteiger partial charge in [0, 0.05) is 46.0 Å². The van der Waals surface area contributed by atoms with Crippen LogP contribution in [0.25, 0.3) is 0 Å². The number of rotatable bonds is 9. The second-order valence-electron chi connectivity index (χ2n) is 7.78. The highest BCUT2D eigenvalue weighted by molar-refractivity contribution is 5.79. The Bertz CT molecular complexity index is 815. The summed E-state index contributed by atoms with van der Waals surface area (Å²) in [5.74, 6) is 1.79. The van der Waals surface area contributed by atoms with E-state index in [1.54, 1.807) is 7.05 Å². The Kier molecular flexibility index (Phi) is 9.12. The molecule has 1 aromatic carbocycles. The average molecular weight is 426 g/mol. The number of hydrogen-bond acceptors (Lipinski definition) is 5. The van der Waals surface area contributed by atoms with E-state index in [2.05, 4.69) is 57.6 Å². The summed E-state index contributed by atoms with van der Waals surface area (Å²) in [6.45, 7) is 8.87. The van der Waals surface area contributed by atoms with Gasteiger partial charge < -0.3 is 25.0 Å². The van der Waals surface area contributed by atoms with Crippen molar-refractivity contribution in [3.63, 3.8) is 0 Å². The molecule has 7 nitrogen and oxygen atoms in total. The minimum absolute atomic E-state index is 0.106.